The highest BCUT2D eigenvalue weighted by Crippen LogP contribution is 2.20. The molecule has 1 N–H and O–H groups in total. The summed E-state index contributed by atoms with van der Waals surface area (Å²) in [4.78, 5) is 6.62. The second-order valence-electron chi connectivity index (χ2n) is 6.43. The molecule has 4 heterocycles. The minimum absolute atomic E-state index is 0.713. The van der Waals surface area contributed by atoms with Crippen LogP contribution in [0.1, 0.15) is 18.4 Å². The van der Waals surface area contributed by atoms with Gasteiger partial charge in [0.2, 0.25) is 0 Å². The van der Waals surface area contributed by atoms with Gasteiger partial charge in [-0.3, -0.25) is 14.3 Å². The van der Waals surface area contributed by atoms with Crippen LogP contribution in [0.15, 0.2) is 49.1 Å². The van der Waals surface area contributed by atoms with Crippen LogP contribution in [0.4, 0.5) is 5.82 Å². The zero-order valence-corrected chi connectivity index (χ0v) is 13.7. The van der Waals surface area contributed by atoms with E-state index in [4.69, 9.17) is 0 Å². The Kier molecular flexibility index (Phi) is 4.38. The standard InChI is InChI=1S/C18H22N6/c1-2-17(24-14-21-22-18(24)3-1)20-12-15-6-10-23(11-7-15)13-16-4-8-19-9-5-16/h1-5,8-9,14-15,20H,6-7,10-13H2. The van der Waals surface area contributed by atoms with Gasteiger partial charge < -0.3 is 5.32 Å². The van der Waals surface area contributed by atoms with Gasteiger partial charge in [-0.15, -0.1) is 10.2 Å². The molecule has 1 fully saturated rings. The summed E-state index contributed by atoms with van der Waals surface area (Å²) in [5, 5.41) is 11.6. The normalized spacial score (nSPS) is 16.5. The summed E-state index contributed by atoms with van der Waals surface area (Å²) in [6.45, 7) is 4.35. The Morgan fingerprint density at radius 1 is 1.08 bits per heavy atom. The van der Waals surface area contributed by atoms with Gasteiger partial charge in [-0.05, 0) is 61.7 Å². The van der Waals surface area contributed by atoms with Crippen LogP contribution in [-0.4, -0.2) is 44.1 Å². The molecule has 0 unspecified atom stereocenters. The molecular formula is C18H22N6. The van der Waals surface area contributed by atoms with E-state index < -0.39 is 0 Å². The predicted molar refractivity (Wildman–Crippen MR) is 93.7 cm³/mol. The number of fused-ring (bicyclic) bond motifs is 1. The fourth-order valence-corrected chi connectivity index (χ4v) is 3.34. The van der Waals surface area contributed by atoms with Gasteiger partial charge in [0.25, 0.3) is 0 Å². The van der Waals surface area contributed by atoms with Crippen LogP contribution >= 0.6 is 0 Å². The van der Waals surface area contributed by atoms with Crippen LogP contribution in [0.25, 0.3) is 5.65 Å². The van der Waals surface area contributed by atoms with Crippen molar-refractivity contribution in [2.75, 3.05) is 25.0 Å². The molecule has 3 aromatic rings. The summed E-state index contributed by atoms with van der Waals surface area (Å²) in [6, 6.07) is 10.3. The van der Waals surface area contributed by atoms with Crippen molar-refractivity contribution < 1.29 is 0 Å². The van der Waals surface area contributed by atoms with Crippen molar-refractivity contribution in [3.8, 4) is 0 Å². The number of pyridine rings is 2. The summed E-state index contributed by atoms with van der Waals surface area (Å²) in [5.41, 5.74) is 2.23. The fourth-order valence-electron chi connectivity index (χ4n) is 3.34. The van der Waals surface area contributed by atoms with Crippen molar-refractivity contribution >= 4 is 11.5 Å². The third kappa shape index (κ3) is 3.38. The van der Waals surface area contributed by atoms with E-state index in [0.717, 1.165) is 37.6 Å². The largest absolute Gasteiger partial charge is 0.371 e. The van der Waals surface area contributed by atoms with Gasteiger partial charge in [-0.2, -0.15) is 0 Å². The average Bonchev–Trinajstić information content (AvgIpc) is 3.11. The van der Waals surface area contributed by atoms with E-state index in [0.29, 0.717) is 5.92 Å². The first kappa shape index (κ1) is 15.1. The topological polar surface area (TPSA) is 58.4 Å². The molecule has 0 bridgehead atoms. The van der Waals surface area contributed by atoms with Gasteiger partial charge >= 0.3 is 0 Å². The number of aromatic nitrogens is 4. The quantitative estimate of drug-likeness (QED) is 0.782. The molecule has 4 rings (SSSR count). The lowest BCUT2D eigenvalue weighted by Gasteiger charge is -2.32. The molecule has 0 spiro atoms. The summed E-state index contributed by atoms with van der Waals surface area (Å²) in [5.74, 6) is 1.78. The van der Waals surface area contributed by atoms with Crippen LogP contribution in [0.2, 0.25) is 0 Å². The number of piperidine rings is 1. The third-order valence-corrected chi connectivity index (χ3v) is 4.77. The lowest BCUT2D eigenvalue weighted by atomic mass is 9.96. The van der Waals surface area contributed by atoms with Crippen molar-refractivity contribution in [1.82, 2.24) is 24.5 Å². The number of hydrogen-bond acceptors (Lipinski definition) is 5. The van der Waals surface area contributed by atoms with Gasteiger partial charge in [0, 0.05) is 25.5 Å². The lowest BCUT2D eigenvalue weighted by molar-refractivity contribution is 0.182. The maximum Gasteiger partial charge on any atom is 0.162 e. The minimum atomic E-state index is 0.713. The second kappa shape index (κ2) is 6.97. The molecular weight excluding hydrogens is 300 g/mol. The SMILES string of the molecule is c1cc(NCC2CCN(Cc3ccncc3)CC2)n2cnnc2c1. The van der Waals surface area contributed by atoms with Gasteiger partial charge in [-0.25, -0.2) is 0 Å². The highest BCUT2D eigenvalue weighted by Gasteiger charge is 2.19. The molecule has 124 valence electrons. The number of likely N-dealkylation sites (tertiary alicyclic amines) is 1. The molecule has 1 saturated heterocycles. The van der Waals surface area contributed by atoms with E-state index in [-0.39, 0.29) is 0 Å². The molecule has 0 radical (unpaired) electrons. The Morgan fingerprint density at radius 3 is 2.75 bits per heavy atom. The van der Waals surface area contributed by atoms with Crippen LogP contribution in [0.5, 0.6) is 0 Å². The summed E-state index contributed by atoms with van der Waals surface area (Å²) >= 11 is 0. The van der Waals surface area contributed by atoms with Crippen molar-refractivity contribution in [3.63, 3.8) is 0 Å². The average molecular weight is 322 g/mol. The van der Waals surface area contributed by atoms with Crippen molar-refractivity contribution in [3.05, 3.63) is 54.6 Å². The predicted octanol–water partition coefficient (Wildman–Crippen LogP) is 2.45. The van der Waals surface area contributed by atoms with E-state index in [2.05, 4.69) is 43.6 Å². The van der Waals surface area contributed by atoms with Gasteiger partial charge in [0.05, 0.1) is 0 Å². The number of nitrogens with zero attached hydrogens (tertiary/aromatic N) is 5. The smallest absolute Gasteiger partial charge is 0.162 e. The Hall–Kier alpha value is -2.47. The van der Waals surface area contributed by atoms with E-state index in [1.807, 2.05) is 28.9 Å². The van der Waals surface area contributed by atoms with Crippen LogP contribution in [0.3, 0.4) is 0 Å². The lowest BCUT2D eigenvalue weighted by Crippen LogP contribution is -2.35. The monoisotopic (exact) mass is 322 g/mol. The summed E-state index contributed by atoms with van der Waals surface area (Å²) < 4.78 is 2.00. The molecule has 0 atom stereocenters. The summed E-state index contributed by atoms with van der Waals surface area (Å²) in [6.07, 6.45) is 7.97. The number of hydrogen-bond donors (Lipinski definition) is 1. The van der Waals surface area contributed by atoms with E-state index in [9.17, 15) is 0 Å². The molecule has 0 amide bonds. The first-order chi connectivity index (χ1) is 11.9. The first-order valence-electron chi connectivity index (χ1n) is 8.52. The van der Waals surface area contributed by atoms with Gasteiger partial charge in [0.15, 0.2) is 5.65 Å². The summed E-state index contributed by atoms with van der Waals surface area (Å²) in [7, 11) is 0. The third-order valence-electron chi connectivity index (χ3n) is 4.77. The van der Waals surface area contributed by atoms with E-state index >= 15 is 0 Å². The molecule has 0 saturated carbocycles. The first-order valence-corrected chi connectivity index (χ1v) is 8.52. The number of nitrogens with one attached hydrogen (secondary N) is 1. The van der Waals surface area contributed by atoms with Crippen LogP contribution in [-0.2, 0) is 6.54 Å². The van der Waals surface area contributed by atoms with Crippen LogP contribution < -0.4 is 5.32 Å². The highest BCUT2D eigenvalue weighted by molar-refractivity contribution is 5.48. The molecule has 0 aliphatic carbocycles. The molecule has 1 aliphatic heterocycles. The zero-order valence-electron chi connectivity index (χ0n) is 13.7. The number of anilines is 1. The molecule has 0 aromatic carbocycles. The van der Waals surface area contributed by atoms with Crippen molar-refractivity contribution in [2.24, 2.45) is 5.92 Å². The Balaban J connectivity index is 1.28. The Labute approximate surface area is 141 Å². The Morgan fingerprint density at radius 2 is 1.92 bits per heavy atom. The van der Waals surface area contributed by atoms with Crippen molar-refractivity contribution in [2.45, 2.75) is 19.4 Å². The van der Waals surface area contributed by atoms with Crippen LogP contribution in [0, 0.1) is 5.92 Å². The highest BCUT2D eigenvalue weighted by atomic mass is 15.2. The molecule has 1 aliphatic rings. The van der Waals surface area contributed by atoms with Crippen molar-refractivity contribution in [1.29, 1.82) is 0 Å². The van der Waals surface area contributed by atoms with E-state index in [1.54, 1.807) is 6.33 Å². The Bertz CT molecular complexity index is 776. The minimum Gasteiger partial charge on any atom is -0.371 e. The van der Waals surface area contributed by atoms with Gasteiger partial charge in [0.1, 0.15) is 12.1 Å². The second-order valence-corrected chi connectivity index (χ2v) is 6.43. The molecule has 6 heteroatoms. The zero-order chi connectivity index (χ0) is 16.2. The maximum absolute atomic E-state index is 4.09. The number of rotatable bonds is 5. The molecule has 6 nitrogen and oxygen atoms in total. The van der Waals surface area contributed by atoms with Gasteiger partial charge in [-0.1, -0.05) is 6.07 Å². The fraction of sp³-hybridized carbons (Fsp3) is 0.389. The maximum atomic E-state index is 4.09. The van der Waals surface area contributed by atoms with E-state index in [1.165, 1.54) is 18.4 Å². The molecule has 24 heavy (non-hydrogen) atoms. The molecule has 3 aromatic heterocycles.